The van der Waals surface area contributed by atoms with Crippen molar-refractivity contribution in [2.24, 2.45) is 11.8 Å². The van der Waals surface area contributed by atoms with E-state index >= 15 is 0 Å². The number of hydrogen-bond acceptors (Lipinski definition) is 2. The van der Waals surface area contributed by atoms with E-state index in [4.69, 9.17) is 4.98 Å². The molecule has 2 aliphatic carbocycles. The van der Waals surface area contributed by atoms with Crippen LogP contribution in [0.5, 0.6) is 0 Å². The van der Waals surface area contributed by atoms with Crippen molar-refractivity contribution in [1.29, 1.82) is 0 Å². The molecule has 1 aromatic heterocycles. The van der Waals surface area contributed by atoms with Crippen LogP contribution < -0.4 is 0 Å². The quantitative estimate of drug-likeness (QED) is 0.926. The van der Waals surface area contributed by atoms with Gasteiger partial charge in [0.05, 0.1) is 11.6 Å². The zero-order valence-electron chi connectivity index (χ0n) is 13.1. The molecule has 4 nitrogen and oxygen atoms in total. The monoisotopic (exact) mass is 290 g/mol. The maximum Gasteiger partial charge on any atom is 0.308 e. The van der Waals surface area contributed by atoms with E-state index in [2.05, 4.69) is 11.5 Å². The molecular weight excluding hydrogens is 264 g/mol. The summed E-state index contributed by atoms with van der Waals surface area (Å²) < 4.78 is 2.30. The molecule has 0 saturated heterocycles. The Kier molecular flexibility index (Phi) is 4.05. The van der Waals surface area contributed by atoms with Crippen LogP contribution in [0, 0.1) is 18.8 Å². The standard InChI is InChI=1S/C17H26N2O2/c1-3-12-8-9-13(17(20)21)16(10-12)19-11(2)18-14-6-4-5-7-15(14)19/h12-13,16H,3-10H2,1-2H3,(H,20,21). The highest BCUT2D eigenvalue weighted by Gasteiger charge is 2.37. The van der Waals surface area contributed by atoms with Crippen LogP contribution in [-0.4, -0.2) is 20.6 Å². The molecule has 0 radical (unpaired) electrons. The first-order chi connectivity index (χ1) is 10.1. The van der Waals surface area contributed by atoms with Crippen molar-refractivity contribution in [3.63, 3.8) is 0 Å². The van der Waals surface area contributed by atoms with E-state index in [-0.39, 0.29) is 12.0 Å². The van der Waals surface area contributed by atoms with Crippen LogP contribution in [0.3, 0.4) is 0 Å². The van der Waals surface area contributed by atoms with Gasteiger partial charge in [0.25, 0.3) is 0 Å². The van der Waals surface area contributed by atoms with Crippen molar-refractivity contribution < 1.29 is 9.90 Å². The van der Waals surface area contributed by atoms with Crippen molar-refractivity contribution in [2.75, 3.05) is 0 Å². The number of aryl methyl sites for hydroxylation is 2. The highest BCUT2D eigenvalue weighted by atomic mass is 16.4. The second-order valence-electron chi connectivity index (χ2n) is 6.73. The molecule has 3 rings (SSSR count). The molecule has 21 heavy (non-hydrogen) atoms. The molecule has 2 aliphatic rings. The molecule has 3 atom stereocenters. The fourth-order valence-corrected chi connectivity index (χ4v) is 4.31. The number of carboxylic acids is 1. The molecule has 1 N–H and O–H groups in total. The van der Waals surface area contributed by atoms with Gasteiger partial charge in [-0.05, 0) is 57.8 Å². The van der Waals surface area contributed by atoms with Crippen LogP contribution in [0.1, 0.15) is 68.7 Å². The molecule has 0 spiro atoms. The van der Waals surface area contributed by atoms with Crippen LogP contribution in [0.15, 0.2) is 0 Å². The number of aliphatic carboxylic acids is 1. The second kappa shape index (κ2) is 5.82. The fourth-order valence-electron chi connectivity index (χ4n) is 4.31. The first-order valence-electron chi connectivity index (χ1n) is 8.41. The van der Waals surface area contributed by atoms with Gasteiger partial charge in [0, 0.05) is 11.7 Å². The van der Waals surface area contributed by atoms with Gasteiger partial charge < -0.3 is 9.67 Å². The number of imidazole rings is 1. The summed E-state index contributed by atoms with van der Waals surface area (Å²) in [5.41, 5.74) is 2.55. The number of rotatable bonds is 3. The second-order valence-corrected chi connectivity index (χ2v) is 6.73. The lowest BCUT2D eigenvalue weighted by atomic mass is 9.76. The van der Waals surface area contributed by atoms with Gasteiger partial charge in [-0.3, -0.25) is 4.79 Å². The number of carboxylic acid groups (broad SMARTS) is 1. The summed E-state index contributed by atoms with van der Waals surface area (Å²) in [6.45, 7) is 4.27. The zero-order valence-corrected chi connectivity index (χ0v) is 13.1. The number of nitrogens with zero attached hydrogens (tertiary/aromatic N) is 2. The molecule has 1 heterocycles. The van der Waals surface area contributed by atoms with Gasteiger partial charge in [-0.1, -0.05) is 13.3 Å². The van der Waals surface area contributed by atoms with Gasteiger partial charge in [-0.2, -0.15) is 0 Å². The van der Waals surface area contributed by atoms with Gasteiger partial charge in [-0.25, -0.2) is 4.98 Å². The van der Waals surface area contributed by atoms with Gasteiger partial charge in [-0.15, -0.1) is 0 Å². The highest BCUT2D eigenvalue weighted by molar-refractivity contribution is 5.70. The van der Waals surface area contributed by atoms with Crippen molar-refractivity contribution >= 4 is 5.97 Å². The summed E-state index contributed by atoms with van der Waals surface area (Å²) in [4.78, 5) is 16.4. The molecule has 1 fully saturated rings. The summed E-state index contributed by atoms with van der Waals surface area (Å²) in [6.07, 6.45) is 8.56. The maximum absolute atomic E-state index is 11.7. The molecule has 0 aromatic carbocycles. The Morgan fingerprint density at radius 3 is 2.81 bits per heavy atom. The summed E-state index contributed by atoms with van der Waals surface area (Å²) in [5, 5.41) is 9.63. The molecule has 116 valence electrons. The van der Waals surface area contributed by atoms with E-state index < -0.39 is 5.97 Å². The Hall–Kier alpha value is -1.32. The van der Waals surface area contributed by atoms with Crippen LogP contribution in [0.25, 0.3) is 0 Å². The largest absolute Gasteiger partial charge is 0.481 e. The third-order valence-electron chi connectivity index (χ3n) is 5.50. The van der Waals surface area contributed by atoms with Gasteiger partial charge in [0.15, 0.2) is 0 Å². The minimum atomic E-state index is -0.632. The maximum atomic E-state index is 11.7. The lowest BCUT2D eigenvalue weighted by Gasteiger charge is -2.36. The normalized spacial score (nSPS) is 29.1. The summed E-state index contributed by atoms with van der Waals surface area (Å²) in [7, 11) is 0. The third kappa shape index (κ3) is 2.60. The Morgan fingerprint density at radius 2 is 2.10 bits per heavy atom. The lowest BCUT2D eigenvalue weighted by Crippen LogP contribution is -2.34. The topological polar surface area (TPSA) is 55.1 Å². The third-order valence-corrected chi connectivity index (χ3v) is 5.50. The Labute approximate surface area is 126 Å². The zero-order chi connectivity index (χ0) is 15.0. The summed E-state index contributed by atoms with van der Waals surface area (Å²) >= 11 is 0. The van der Waals surface area contributed by atoms with Crippen molar-refractivity contribution in [1.82, 2.24) is 9.55 Å². The number of fused-ring (bicyclic) bond motifs is 1. The van der Waals surface area contributed by atoms with E-state index in [1.165, 1.54) is 24.2 Å². The predicted octanol–water partition coefficient (Wildman–Crippen LogP) is 3.52. The van der Waals surface area contributed by atoms with Gasteiger partial charge in [0.1, 0.15) is 5.82 Å². The van der Waals surface area contributed by atoms with Crippen LogP contribution >= 0.6 is 0 Å². The van der Waals surface area contributed by atoms with E-state index in [1.54, 1.807) is 0 Å². The minimum Gasteiger partial charge on any atom is -0.481 e. The Morgan fingerprint density at radius 1 is 1.33 bits per heavy atom. The number of carbonyl (C=O) groups is 1. The van der Waals surface area contributed by atoms with E-state index in [0.29, 0.717) is 5.92 Å². The average molecular weight is 290 g/mol. The summed E-state index contributed by atoms with van der Waals surface area (Å²) in [5.74, 6) is 0.806. The van der Waals surface area contributed by atoms with Crippen LogP contribution in [0.2, 0.25) is 0 Å². The van der Waals surface area contributed by atoms with Gasteiger partial charge >= 0.3 is 5.97 Å². The highest BCUT2D eigenvalue weighted by Crippen LogP contribution is 2.41. The molecule has 1 aromatic rings. The lowest BCUT2D eigenvalue weighted by molar-refractivity contribution is -0.145. The Bertz CT molecular complexity index is 535. The molecule has 4 heteroatoms. The van der Waals surface area contributed by atoms with E-state index in [0.717, 1.165) is 44.3 Å². The Balaban J connectivity index is 1.99. The van der Waals surface area contributed by atoms with Crippen molar-refractivity contribution in [3.05, 3.63) is 17.2 Å². The average Bonchev–Trinajstić information content (AvgIpc) is 2.82. The SMILES string of the molecule is CCC1CCC(C(=O)O)C(n2c(C)nc3c2CCCC3)C1. The first kappa shape index (κ1) is 14.6. The molecule has 0 amide bonds. The number of aromatic nitrogens is 2. The van der Waals surface area contributed by atoms with Gasteiger partial charge in [0.2, 0.25) is 0 Å². The van der Waals surface area contributed by atoms with Crippen LogP contribution in [-0.2, 0) is 17.6 Å². The molecular formula is C17H26N2O2. The molecule has 1 saturated carbocycles. The van der Waals surface area contributed by atoms with Crippen molar-refractivity contribution in [3.8, 4) is 0 Å². The fraction of sp³-hybridized carbons (Fsp3) is 0.765. The molecule has 3 unspecified atom stereocenters. The van der Waals surface area contributed by atoms with E-state index in [9.17, 15) is 9.90 Å². The molecule has 0 aliphatic heterocycles. The van der Waals surface area contributed by atoms with Crippen molar-refractivity contribution in [2.45, 2.75) is 71.3 Å². The molecule has 0 bridgehead atoms. The van der Waals surface area contributed by atoms with Crippen LogP contribution in [0.4, 0.5) is 0 Å². The predicted molar refractivity (Wildman–Crippen MR) is 81.4 cm³/mol. The summed E-state index contributed by atoms with van der Waals surface area (Å²) in [6, 6.07) is 0.107. The van der Waals surface area contributed by atoms with E-state index in [1.807, 2.05) is 6.92 Å². The number of hydrogen-bond donors (Lipinski definition) is 1. The minimum absolute atomic E-state index is 0.107. The smallest absolute Gasteiger partial charge is 0.308 e. The first-order valence-corrected chi connectivity index (χ1v) is 8.41.